The van der Waals surface area contributed by atoms with Crippen molar-refractivity contribution in [2.75, 3.05) is 25.3 Å². The lowest BCUT2D eigenvalue weighted by atomic mass is 10.0. The predicted molar refractivity (Wildman–Crippen MR) is 151 cm³/mol. The predicted octanol–water partition coefficient (Wildman–Crippen LogP) is 6.09. The molecule has 8 nitrogen and oxygen atoms in total. The molecular formula is C30H30ClN5O3. The molecule has 4 aromatic rings. The molecule has 1 saturated heterocycles. The highest BCUT2D eigenvalue weighted by Gasteiger charge is 2.31. The molecule has 0 N–H and O–H groups in total. The van der Waals surface area contributed by atoms with Crippen molar-refractivity contribution in [3.8, 4) is 11.4 Å². The monoisotopic (exact) mass is 543 g/mol. The van der Waals surface area contributed by atoms with Crippen LogP contribution >= 0.6 is 11.6 Å². The van der Waals surface area contributed by atoms with Gasteiger partial charge in [-0.05, 0) is 50.5 Å². The molecule has 2 unspecified atom stereocenters. The van der Waals surface area contributed by atoms with Crippen molar-refractivity contribution in [1.82, 2.24) is 14.8 Å². The molecule has 2 atom stereocenters. The summed E-state index contributed by atoms with van der Waals surface area (Å²) in [6, 6.07) is 23.8. The second-order valence-corrected chi connectivity index (χ2v) is 10.0. The molecule has 2 aliphatic rings. The Bertz CT molecular complexity index is 1480. The van der Waals surface area contributed by atoms with Gasteiger partial charge in [0.15, 0.2) is 6.29 Å². The molecule has 6 rings (SSSR count). The normalized spacial score (nSPS) is 17.6. The Kier molecular flexibility index (Phi) is 7.32. The van der Waals surface area contributed by atoms with Crippen LogP contribution in [0.3, 0.4) is 0 Å². The Hall–Kier alpha value is -3.72. The summed E-state index contributed by atoms with van der Waals surface area (Å²) < 4.78 is 20.4. The first-order valence-corrected chi connectivity index (χ1v) is 13.5. The van der Waals surface area contributed by atoms with Crippen LogP contribution in [0, 0.1) is 6.92 Å². The van der Waals surface area contributed by atoms with Gasteiger partial charge >= 0.3 is 0 Å². The van der Waals surface area contributed by atoms with Gasteiger partial charge in [0.1, 0.15) is 23.4 Å². The molecule has 2 aliphatic heterocycles. The first-order chi connectivity index (χ1) is 19.1. The Labute approximate surface area is 232 Å². The van der Waals surface area contributed by atoms with Gasteiger partial charge in [0.2, 0.25) is 0 Å². The van der Waals surface area contributed by atoms with Crippen molar-refractivity contribution in [3.05, 3.63) is 100 Å². The SMILES string of the molecule is COc1ccccc1C(CN1N=C(c2ccc(Cl)cc2)c2ccccc2-n2c(C)nnc21)OC1CCCCO1. The zero-order valence-corrected chi connectivity index (χ0v) is 22.7. The van der Waals surface area contributed by atoms with E-state index in [-0.39, 0.29) is 6.29 Å². The first kappa shape index (κ1) is 25.6. The number of methoxy groups -OCH3 is 1. The minimum Gasteiger partial charge on any atom is -0.496 e. The molecule has 9 heteroatoms. The Morgan fingerprint density at radius 1 is 1.00 bits per heavy atom. The van der Waals surface area contributed by atoms with Crippen molar-refractivity contribution in [2.24, 2.45) is 5.10 Å². The number of fused-ring (bicyclic) bond motifs is 3. The summed E-state index contributed by atoms with van der Waals surface area (Å²) in [5.41, 5.74) is 4.59. The van der Waals surface area contributed by atoms with Crippen LogP contribution < -0.4 is 9.75 Å². The lowest BCUT2D eigenvalue weighted by Gasteiger charge is -2.31. The number of para-hydroxylation sites is 2. The van der Waals surface area contributed by atoms with Crippen molar-refractivity contribution in [2.45, 2.75) is 38.6 Å². The largest absolute Gasteiger partial charge is 0.496 e. The highest BCUT2D eigenvalue weighted by atomic mass is 35.5. The van der Waals surface area contributed by atoms with E-state index in [1.54, 1.807) is 7.11 Å². The number of hydrogen-bond acceptors (Lipinski definition) is 7. The zero-order valence-electron chi connectivity index (χ0n) is 22.0. The Morgan fingerprint density at radius 3 is 2.59 bits per heavy atom. The molecule has 3 aromatic carbocycles. The van der Waals surface area contributed by atoms with Gasteiger partial charge in [-0.2, -0.15) is 5.10 Å². The van der Waals surface area contributed by atoms with E-state index in [1.165, 1.54) is 0 Å². The third-order valence-corrected chi connectivity index (χ3v) is 7.31. The fourth-order valence-corrected chi connectivity index (χ4v) is 5.26. The quantitative estimate of drug-likeness (QED) is 0.281. The number of hydrogen-bond donors (Lipinski definition) is 0. The maximum absolute atomic E-state index is 6.63. The molecule has 1 fully saturated rings. The molecular weight excluding hydrogens is 514 g/mol. The fraction of sp³-hybridized carbons (Fsp3) is 0.300. The lowest BCUT2D eigenvalue weighted by molar-refractivity contribution is -0.188. The van der Waals surface area contributed by atoms with E-state index in [9.17, 15) is 0 Å². The van der Waals surface area contributed by atoms with Crippen LogP contribution in [0.15, 0.2) is 77.9 Å². The topological polar surface area (TPSA) is 74.0 Å². The standard InChI is InChI=1S/C30H30ClN5O3/c1-20-32-33-30-35(19-27(39-28-13-7-8-18-38-28)24-10-4-6-12-26(24)37-2)34-29(21-14-16-22(31)17-15-21)23-9-3-5-11-25(23)36(20)30/h3-6,9-12,14-17,27-28H,7-8,13,18-19H2,1-2H3. The van der Waals surface area contributed by atoms with E-state index in [0.29, 0.717) is 24.1 Å². The average molecular weight is 544 g/mol. The molecule has 0 bridgehead atoms. The number of ether oxygens (including phenoxy) is 3. The van der Waals surface area contributed by atoms with Crippen LogP contribution in [0.4, 0.5) is 5.95 Å². The van der Waals surface area contributed by atoms with Gasteiger partial charge in [-0.15, -0.1) is 10.2 Å². The van der Waals surface area contributed by atoms with Gasteiger partial charge in [-0.1, -0.05) is 60.1 Å². The molecule has 39 heavy (non-hydrogen) atoms. The molecule has 0 aliphatic carbocycles. The minimum absolute atomic E-state index is 0.308. The van der Waals surface area contributed by atoms with Crippen LogP contribution in [0.25, 0.3) is 5.69 Å². The number of rotatable bonds is 7. The number of aryl methyl sites for hydroxylation is 1. The molecule has 1 aromatic heterocycles. The lowest BCUT2D eigenvalue weighted by Crippen LogP contribution is -2.32. The van der Waals surface area contributed by atoms with Gasteiger partial charge in [-0.3, -0.25) is 4.57 Å². The Balaban J connectivity index is 1.48. The van der Waals surface area contributed by atoms with Crippen molar-refractivity contribution >= 4 is 23.3 Å². The molecule has 200 valence electrons. The summed E-state index contributed by atoms with van der Waals surface area (Å²) in [6.45, 7) is 3.00. The number of aromatic nitrogens is 3. The molecule has 0 amide bonds. The van der Waals surface area contributed by atoms with Crippen LogP contribution in [0.2, 0.25) is 5.02 Å². The fourth-order valence-electron chi connectivity index (χ4n) is 5.14. The van der Waals surface area contributed by atoms with E-state index in [4.69, 9.17) is 30.9 Å². The molecule has 0 saturated carbocycles. The maximum Gasteiger partial charge on any atom is 0.252 e. The summed E-state index contributed by atoms with van der Waals surface area (Å²) >= 11 is 6.23. The van der Waals surface area contributed by atoms with Crippen LogP contribution in [-0.4, -0.2) is 47.0 Å². The maximum atomic E-state index is 6.63. The second-order valence-electron chi connectivity index (χ2n) is 9.60. The zero-order chi connectivity index (χ0) is 26.8. The van der Waals surface area contributed by atoms with Crippen LogP contribution in [0.1, 0.15) is 47.9 Å². The molecule has 0 spiro atoms. The summed E-state index contributed by atoms with van der Waals surface area (Å²) in [6.07, 6.45) is 2.23. The number of nitrogens with zero attached hydrogens (tertiary/aromatic N) is 5. The van der Waals surface area contributed by atoms with Crippen molar-refractivity contribution in [1.29, 1.82) is 0 Å². The number of anilines is 1. The van der Waals surface area contributed by atoms with Crippen LogP contribution in [-0.2, 0) is 9.47 Å². The summed E-state index contributed by atoms with van der Waals surface area (Å²) in [5, 5.41) is 16.7. The van der Waals surface area contributed by atoms with E-state index in [0.717, 1.165) is 58.9 Å². The number of hydrazone groups is 1. The van der Waals surface area contributed by atoms with Gasteiger partial charge in [-0.25, -0.2) is 5.01 Å². The highest BCUT2D eigenvalue weighted by molar-refractivity contribution is 6.30. The summed E-state index contributed by atoms with van der Waals surface area (Å²) in [4.78, 5) is 0. The highest BCUT2D eigenvalue weighted by Crippen LogP contribution is 2.35. The van der Waals surface area contributed by atoms with Gasteiger partial charge < -0.3 is 14.2 Å². The van der Waals surface area contributed by atoms with Crippen molar-refractivity contribution < 1.29 is 14.2 Å². The van der Waals surface area contributed by atoms with Gasteiger partial charge in [0.25, 0.3) is 5.95 Å². The van der Waals surface area contributed by atoms with E-state index >= 15 is 0 Å². The first-order valence-electron chi connectivity index (χ1n) is 13.2. The second kappa shape index (κ2) is 11.2. The molecule has 0 radical (unpaired) electrons. The number of halogens is 1. The van der Waals surface area contributed by atoms with Crippen molar-refractivity contribution in [3.63, 3.8) is 0 Å². The van der Waals surface area contributed by atoms with E-state index < -0.39 is 6.10 Å². The number of benzene rings is 3. The molecule has 3 heterocycles. The average Bonchev–Trinajstić information content (AvgIpc) is 3.30. The minimum atomic E-state index is -0.411. The third-order valence-electron chi connectivity index (χ3n) is 7.06. The summed E-state index contributed by atoms with van der Waals surface area (Å²) in [7, 11) is 1.67. The van der Waals surface area contributed by atoms with Gasteiger partial charge in [0, 0.05) is 28.3 Å². The third kappa shape index (κ3) is 5.15. The van der Waals surface area contributed by atoms with E-state index in [2.05, 4.69) is 22.3 Å². The Morgan fingerprint density at radius 2 is 1.79 bits per heavy atom. The van der Waals surface area contributed by atoms with Gasteiger partial charge in [0.05, 0.1) is 19.3 Å². The summed E-state index contributed by atoms with van der Waals surface area (Å²) in [5.74, 6) is 2.12. The van der Waals surface area contributed by atoms with Crippen LogP contribution in [0.5, 0.6) is 5.75 Å². The smallest absolute Gasteiger partial charge is 0.252 e. The van der Waals surface area contributed by atoms with E-state index in [1.807, 2.05) is 77.2 Å².